The zero-order valence-corrected chi connectivity index (χ0v) is 11.6. The quantitative estimate of drug-likeness (QED) is 0.623. The second kappa shape index (κ2) is 6.34. The number of hydrogen-bond donors (Lipinski definition) is 2. The van der Waals surface area contributed by atoms with Crippen LogP contribution in [0.25, 0.3) is 0 Å². The van der Waals surface area contributed by atoms with E-state index in [1.807, 2.05) is 17.9 Å². The van der Waals surface area contributed by atoms with E-state index in [4.69, 9.17) is 5.84 Å². The van der Waals surface area contributed by atoms with Crippen LogP contribution in [-0.2, 0) is 7.05 Å². The Morgan fingerprint density at radius 1 is 1.44 bits per heavy atom. The standard InChI is InChI=1S/C14H26N4/c1-3-4-11-5-7-12(8-6-11)14(17-15)13-9-10-16-18(13)2/h9-12,14,17H,3-8,15H2,1-2H3. The summed E-state index contributed by atoms with van der Waals surface area (Å²) in [5.74, 6) is 7.36. The van der Waals surface area contributed by atoms with Gasteiger partial charge in [-0.15, -0.1) is 0 Å². The van der Waals surface area contributed by atoms with Crippen molar-refractivity contribution >= 4 is 0 Å². The average Bonchev–Trinajstić information content (AvgIpc) is 2.79. The fourth-order valence-corrected chi connectivity index (χ4v) is 3.37. The molecule has 0 radical (unpaired) electrons. The topological polar surface area (TPSA) is 55.9 Å². The molecule has 1 aromatic heterocycles. The smallest absolute Gasteiger partial charge is 0.0657 e. The van der Waals surface area contributed by atoms with Crippen LogP contribution < -0.4 is 11.3 Å². The van der Waals surface area contributed by atoms with Gasteiger partial charge in [-0.1, -0.05) is 32.6 Å². The molecule has 1 atom stereocenters. The molecule has 3 N–H and O–H groups in total. The highest BCUT2D eigenvalue weighted by Gasteiger charge is 2.29. The summed E-state index contributed by atoms with van der Waals surface area (Å²) in [5.41, 5.74) is 4.21. The van der Waals surface area contributed by atoms with Gasteiger partial charge in [0.1, 0.15) is 0 Å². The Morgan fingerprint density at radius 3 is 2.67 bits per heavy atom. The molecule has 0 spiro atoms. The fraction of sp³-hybridized carbons (Fsp3) is 0.786. The van der Waals surface area contributed by atoms with Crippen molar-refractivity contribution in [1.82, 2.24) is 15.2 Å². The number of aromatic nitrogens is 2. The highest BCUT2D eigenvalue weighted by atomic mass is 15.3. The molecule has 0 aromatic carbocycles. The van der Waals surface area contributed by atoms with Crippen molar-refractivity contribution in [1.29, 1.82) is 0 Å². The first-order valence-corrected chi connectivity index (χ1v) is 7.20. The van der Waals surface area contributed by atoms with Gasteiger partial charge in [-0.05, 0) is 30.7 Å². The maximum Gasteiger partial charge on any atom is 0.0657 e. The third kappa shape index (κ3) is 2.93. The molecule has 0 aliphatic heterocycles. The van der Waals surface area contributed by atoms with Crippen LogP contribution in [0.15, 0.2) is 12.3 Å². The largest absolute Gasteiger partial charge is 0.271 e. The van der Waals surface area contributed by atoms with Gasteiger partial charge in [0, 0.05) is 13.2 Å². The van der Waals surface area contributed by atoms with E-state index in [2.05, 4.69) is 23.5 Å². The second-order valence-electron chi connectivity index (χ2n) is 5.59. The predicted octanol–water partition coefficient (Wildman–Crippen LogP) is 2.53. The Balaban J connectivity index is 1.97. The minimum atomic E-state index is 0.250. The molecule has 2 rings (SSSR count). The van der Waals surface area contributed by atoms with Gasteiger partial charge in [0.2, 0.25) is 0 Å². The molecule has 1 unspecified atom stereocenters. The molecule has 1 saturated carbocycles. The van der Waals surface area contributed by atoms with Crippen LogP contribution in [0.1, 0.15) is 57.2 Å². The van der Waals surface area contributed by atoms with Crippen molar-refractivity contribution in [2.45, 2.75) is 51.5 Å². The van der Waals surface area contributed by atoms with Crippen molar-refractivity contribution in [3.05, 3.63) is 18.0 Å². The molecular weight excluding hydrogens is 224 g/mol. The van der Waals surface area contributed by atoms with Crippen LogP contribution in [-0.4, -0.2) is 9.78 Å². The van der Waals surface area contributed by atoms with Crippen molar-refractivity contribution in [3.63, 3.8) is 0 Å². The lowest BCUT2D eigenvalue weighted by Gasteiger charge is -2.33. The van der Waals surface area contributed by atoms with Crippen molar-refractivity contribution in [2.24, 2.45) is 24.7 Å². The molecule has 102 valence electrons. The van der Waals surface area contributed by atoms with Gasteiger partial charge in [0.15, 0.2) is 0 Å². The Kier molecular flexibility index (Phi) is 4.78. The number of aryl methyl sites for hydroxylation is 1. The number of hydrogen-bond acceptors (Lipinski definition) is 3. The summed E-state index contributed by atoms with van der Waals surface area (Å²) in [6.45, 7) is 2.28. The van der Waals surface area contributed by atoms with Gasteiger partial charge < -0.3 is 0 Å². The summed E-state index contributed by atoms with van der Waals surface area (Å²) in [6, 6.07) is 2.32. The molecule has 0 bridgehead atoms. The van der Waals surface area contributed by atoms with Crippen molar-refractivity contribution in [2.75, 3.05) is 0 Å². The van der Waals surface area contributed by atoms with E-state index in [1.54, 1.807) is 0 Å². The van der Waals surface area contributed by atoms with Crippen molar-refractivity contribution in [3.8, 4) is 0 Å². The van der Waals surface area contributed by atoms with Gasteiger partial charge >= 0.3 is 0 Å². The minimum Gasteiger partial charge on any atom is -0.271 e. The highest BCUT2D eigenvalue weighted by Crippen LogP contribution is 2.37. The highest BCUT2D eigenvalue weighted by molar-refractivity contribution is 5.08. The Morgan fingerprint density at radius 2 is 2.17 bits per heavy atom. The predicted molar refractivity (Wildman–Crippen MR) is 73.6 cm³/mol. The Hall–Kier alpha value is -0.870. The lowest BCUT2D eigenvalue weighted by atomic mass is 9.76. The molecule has 1 aliphatic carbocycles. The van der Waals surface area contributed by atoms with Gasteiger partial charge in [-0.25, -0.2) is 0 Å². The summed E-state index contributed by atoms with van der Waals surface area (Å²) in [4.78, 5) is 0. The number of nitrogens with zero attached hydrogens (tertiary/aromatic N) is 2. The van der Waals surface area contributed by atoms with Gasteiger partial charge in [-0.3, -0.25) is 16.0 Å². The Bertz CT molecular complexity index is 352. The summed E-state index contributed by atoms with van der Waals surface area (Å²) in [5, 5.41) is 4.25. The van der Waals surface area contributed by atoms with Gasteiger partial charge in [-0.2, -0.15) is 5.10 Å². The zero-order valence-electron chi connectivity index (χ0n) is 11.6. The van der Waals surface area contributed by atoms with Crippen LogP contribution in [0.2, 0.25) is 0 Å². The lowest BCUT2D eigenvalue weighted by Crippen LogP contribution is -2.36. The van der Waals surface area contributed by atoms with Crippen LogP contribution >= 0.6 is 0 Å². The van der Waals surface area contributed by atoms with Crippen LogP contribution in [0, 0.1) is 11.8 Å². The number of nitrogens with one attached hydrogen (secondary N) is 1. The first-order valence-electron chi connectivity index (χ1n) is 7.20. The van der Waals surface area contributed by atoms with E-state index in [0.29, 0.717) is 5.92 Å². The Labute approximate surface area is 110 Å². The first kappa shape index (κ1) is 13.6. The lowest BCUT2D eigenvalue weighted by molar-refractivity contribution is 0.210. The third-order valence-electron chi connectivity index (χ3n) is 4.42. The molecule has 1 aromatic rings. The molecule has 1 heterocycles. The average molecular weight is 250 g/mol. The summed E-state index contributed by atoms with van der Waals surface area (Å²) in [6.07, 6.45) is 9.83. The van der Waals surface area contributed by atoms with E-state index >= 15 is 0 Å². The molecule has 0 saturated heterocycles. The molecule has 4 heteroatoms. The molecular formula is C14H26N4. The SMILES string of the molecule is CCCC1CCC(C(NN)c2ccnn2C)CC1. The monoisotopic (exact) mass is 250 g/mol. The molecule has 18 heavy (non-hydrogen) atoms. The van der Waals surface area contributed by atoms with E-state index < -0.39 is 0 Å². The summed E-state index contributed by atoms with van der Waals surface area (Å²) in [7, 11) is 1.99. The minimum absolute atomic E-state index is 0.250. The normalized spacial score (nSPS) is 26.2. The maximum absolute atomic E-state index is 5.77. The number of hydrazine groups is 1. The molecule has 0 amide bonds. The number of nitrogens with two attached hydrogens (primary N) is 1. The van der Waals surface area contributed by atoms with Crippen LogP contribution in [0.4, 0.5) is 0 Å². The van der Waals surface area contributed by atoms with Gasteiger partial charge in [0.25, 0.3) is 0 Å². The van der Waals surface area contributed by atoms with Crippen LogP contribution in [0.5, 0.6) is 0 Å². The van der Waals surface area contributed by atoms with Crippen LogP contribution in [0.3, 0.4) is 0 Å². The van der Waals surface area contributed by atoms with Gasteiger partial charge in [0.05, 0.1) is 11.7 Å². The van der Waals surface area contributed by atoms with E-state index in [1.165, 1.54) is 44.2 Å². The molecule has 1 fully saturated rings. The van der Waals surface area contributed by atoms with E-state index in [0.717, 1.165) is 5.92 Å². The van der Waals surface area contributed by atoms with Crippen molar-refractivity contribution < 1.29 is 0 Å². The first-order chi connectivity index (χ1) is 8.76. The fourth-order valence-electron chi connectivity index (χ4n) is 3.37. The third-order valence-corrected chi connectivity index (χ3v) is 4.42. The maximum atomic E-state index is 5.77. The molecule has 4 nitrogen and oxygen atoms in total. The zero-order chi connectivity index (χ0) is 13.0. The summed E-state index contributed by atoms with van der Waals surface area (Å²) >= 11 is 0. The van der Waals surface area contributed by atoms with E-state index in [9.17, 15) is 0 Å². The number of rotatable bonds is 5. The van der Waals surface area contributed by atoms with E-state index in [-0.39, 0.29) is 6.04 Å². The second-order valence-corrected chi connectivity index (χ2v) is 5.59. The summed E-state index contributed by atoms with van der Waals surface area (Å²) < 4.78 is 1.93. The molecule has 1 aliphatic rings.